The molecule has 1 aliphatic heterocycles. The van der Waals surface area contributed by atoms with Crippen LogP contribution in [0.1, 0.15) is 22.6 Å². The summed E-state index contributed by atoms with van der Waals surface area (Å²) >= 11 is 2.21. The summed E-state index contributed by atoms with van der Waals surface area (Å²) in [6.45, 7) is 2.44. The molecule has 9 heteroatoms. The van der Waals surface area contributed by atoms with Gasteiger partial charge >= 0.3 is 0 Å². The van der Waals surface area contributed by atoms with E-state index in [-0.39, 0.29) is 14.9 Å². The summed E-state index contributed by atoms with van der Waals surface area (Å²) in [7, 11) is -3.72. The van der Waals surface area contributed by atoms with Gasteiger partial charge in [-0.05, 0) is 34.9 Å². The number of hydrogen-bond donors (Lipinski definition) is 2. The number of benzene rings is 3. The number of nitrogens with one attached hydrogen (secondary N) is 1. The average Bonchev–Trinajstić information content (AvgIpc) is 2.91. The number of alkyl halides is 1. The van der Waals surface area contributed by atoms with Crippen LogP contribution in [0.2, 0.25) is 0 Å². The average molecular weight is 618 g/mol. The van der Waals surface area contributed by atoms with Crippen LogP contribution in [0.5, 0.6) is 0 Å². The van der Waals surface area contributed by atoms with Crippen LogP contribution >= 0.6 is 22.6 Å². The van der Waals surface area contributed by atoms with Crippen LogP contribution in [0.15, 0.2) is 95.9 Å². The normalized spacial score (nSPS) is 17.5. The molecule has 0 saturated carbocycles. The van der Waals surface area contributed by atoms with E-state index in [2.05, 4.69) is 76.0 Å². The van der Waals surface area contributed by atoms with Gasteiger partial charge in [0.2, 0.25) is 10.0 Å². The van der Waals surface area contributed by atoms with Crippen LogP contribution in [0.4, 0.5) is 0 Å². The highest BCUT2D eigenvalue weighted by Gasteiger charge is 2.35. The fraction of sp³-hybridized carbons (Fsp3) is 0.222. The first-order chi connectivity index (χ1) is 17.4. The topological polar surface area (TPSA) is 90.0 Å². The van der Waals surface area contributed by atoms with Gasteiger partial charge in [-0.1, -0.05) is 95.4 Å². The summed E-state index contributed by atoms with van der Waals surface area (Å²) in [6, 6.07) is 27.3. The highest BCUT2D eigenvalue weighted by molar-refractivity contribution is 14.1. The Bertz CT molecular complexity index is 1260. The van der Waals surface area contributed by atoms with Crippen LogP contribution in [-0.2, 0) is 14.8 Å². The number of hydroxylamine groups is 1. The van der Waals surface area contributed by atoms with Crippen molar-refractivity contribution in [2.75, 3.05) is 26.2 Å². The molecule has 2 N–H and O–H groups in total. The van der Waals surface area contributed by atoms with E-state index in [1.807, 2.05) is 12.1 Å². The number of rotatable bonds is 8. The summed E-state index contributed by atoms with van der Waals surface area (Å²) < 4.78 is 28.3. The van der Waals surface area contributed by atoms with E-state index in [1.165, 1.54) is 28.7 Å². The molecule has 1 aliphatic rings. The van der Waals surface area contributed by atoms with Crippen LogP contribution in [0, 0.1) is 0 Å². The van der Waals surface area contributed by atoms with Crippen molar-refractivity contribution in [1.29, 1.82) is 0 Å². The lowest BCUT2D eigenvalue weighted by Gasteiger charge is -2.39. The van der Waals surface area contributed by atoms with Crippen LogP contribution in [-0.4, -0.2) is 59.0 Å². The molecular weight excluding hydrogens is 589 g/mol. The first-order valence-corrected chi connectivity index (χ1v) is 14.3. The zero-order valence-corrected chi connectivity index (χ0v) is 22.5. The van der Waals surface area contributed by atoms with E-state index >= 15 is 0 Å². The van der Waals surface area contributed by atoms with Crippen molar-refractivity contribution in [3.05, 3.63) is 108 Å². The van der Waals surface area contributed by atoms with Gasteiger partial charge in [0.05, 0.1) is 8.94 Å². The SMILES string of the molecule is O=C(C=Cc1cccc(S(=O)(=O)N2CCN(CC(c3ccccc3)c3ccccc3)CC2I)c1)NO. The second kappa shape index (κ2) is 12.1. The first-order valence-electron chi connectivity index (χ1n) is 11.6. The second-order valence-electron chi connectivity index (χ2n) is 8.57. The minimum Gasteiger partial charge on any atom is -0.299 e. The van der Waals surface area contributed by atoms with E-state index in [0.717, 1.165) is 12.6 Å². The molecule has 0 aromatic heterocycles. The Morgan fingerprint density at radius 2 is 1.64 bits per heavy atom. The number of carbonyl (C=O) groups excluding carboxylic acids is 1. The molecule has 0 aliphatic carbocycles. The quantitative estimate of drug-likeness (QED) is 0.0993. The molecule has 0 radical (unpaired) electrons. The maximum absolute atomic E-state index is 13.5. The monoisotopic (exact) mass is 617 g/mol. The van der Waals surface area contributed by atoms with E-state index in [4.69, 9.17) is 5.21 Å². The van der Waals surface area contributed by atoms with Gasteiger partial charge in [-0.2, -0.15) is 4.31 Å². The Morgan fingerprint density at radius 3 is 2.22 bits per heavy atom. The third-order valence-corrected chi connectivity index (χ3v) is 9.55. The minimum atomic E-state index is -3.72. The number of piperazine rings is 1. The van der Waals surface area contributed by atoms with Crippen molar-refractivity contribution < 1.29 is 18.4 Å². The summed E-state index contributed by atoms with van der Waals surface area (Å²) in [5.41, 5.74) is 4.55. The number of nitrogens with zero attached hydrogens (tertiary/aromatic N) is 2. The molecule has 1 saturated heterocycles. The number of hydrogen-bond acceptors (Lipinski definition) is 5. The van der Waals surface area contributed by atoms with Gasteiger partial charge in [0.1, 0.15) is 0 Å². The van der Waals surface area contributed by atoms with Gasteiger partial charge < -0.3 is 0 Å². The number of halogens is 1. The van der Waals surface area contributed by atoms with Crippen molar-refractivity contribution in [2.45, 2.75) is 14.9 Å². The van der Waals surface area contributed by atoms with Crippen molar-refractivity contribution in [2.24, 2.45) is 0 Å². The summed E-state index contributed by atoms with van der Waals surface area (Å²) in [5, 5.41) is 8.64. The molecule has 0 spiro atoms. The molecular formula is C27H28IN3O4S. The Balaban J connectivity index is 1.49. The maximum Gasteiger partial charge on any atom is 0.267 e. The molecule has 1 unspecified atom stereocenters. The molecule has 1 atom stereocenters. The van der Waals surface area contributed by atoms with E-state index in [0.29, 0.717) is 25.2 Å². The molecule has 1 heterocycles. The number of carbonyl (C=O) groups is 1. The zero-order valence-electron chi connectivity index (χ0n) is 19.6. The molecule has 0 bridgehead atoms. The van der Waals surface area contributed by atoms with Gasteiger partial charge in [-0.25, -0.2) is 13.9 Å². The molecule has 7 nitrogen and oxygen atoms in total. The van der Waals surface area contributed by atoms with Gasteiger partial charge in [0.15, 0.2) is 0 Å². The molecule has 3 aromatic carbocycles. The standard InChI is InChI=1S/C27H28IN3O4S/c28-26-20-30(19-25(22-9-3-1-4-10-22)23-11-5-2-6-12-23)16-17-31(26)36(34,35)24-13-7-8-21(18-24)14-15-27(32)29-33/h1-15,18,25-26,33H,16-17,19-20H2,(H,29,32). The molecule has 4 rings (SSSR count). The van der Waals surface area contributed by atoms with E-state index < -0.39 is 15.9 Å². The van der Waals surface area contributed by atoms with Crippen molar-refractivity contribution in [3.8, 4) is 0 Å². The molecule has 36 heavy (non-hydrogen) atoms. The predicted octanol–water partition coefficient (Wildman–Crippen LogP) is 4.10. The van der Waals surface area contributed by atoms with Crippen molar-refractivity contribution in [3.63, 3.8) is 0 Å². The minimum absolute atomic E-state index is 0.177. The van der Waals surface area contributed by atoms with Gasteiger partial charge in [-0.15, -0.1) is 0 Å². The second-order valence-corrected chi connectivity index (χ2v) is 11.9. The Labute approximate surface area is 225 Å². The fourth-order valence-corrected chi connectivity index (χ4v) is 7.60. The van der Waals surface area contributed by atoms with Gasteiger partial charge in [0, 0.05) is 38.2 Å². The van der Waals surface area contributed by atoms with Crippen molar-refractivity contribution >= 4 is 44.6 Å². The smallest absolute Gasteiger partial charge is 0.267 e. The molecule has 1 amide bonds. The molecule has 1 fully saturated rings. The van der Waals surface area contributed by atoms with Gasteiger partial charge in [0.25, 0.3) is 5.91 Å². The lowest BCUT2D eigenvalue weighted by atomic mass is 9.90. The van der Waals surface area contributed by atoms with Crippen LogP contribution < -0.4 is 5.48 Å². The fourth-order valence-electron chi connectivity index (χ4n) is 4.37. The third kappa shape index (κ3) is 6.40. The number of sulfonamides is 1. The van der Waals surface area contributed by atoms with E-state index in [9.17, 15) is 13.2 Å². The highest BCUT2D eigenvalue weighted by Crippen LogP contribution is 2.30. The van der Waals surface area contributed by atoms with Gasteiger partial charge in [-0.3, -0.25) is 14.9 Å². The summed E-state index contributed by atoms with van der Waals surface area (Å²) in [6.07, 6.45) is 2.60. The molecule has 188 valence electrons. The Hall–Kier alpha value is -2.57. The number of amides is 1. The largest absolute Gasteiger partial charge is 0.299 e. The lowest BCUT2D eigenvalue weighted by molar-refractivity contribution is -0.124. The first kappa shape index (κ1) is 26.5. The van der Waals surface area contributed by atoms with Crippen molar-refractivity contribution in [1.82, 2.24) is 14.7 Å². The lowest BCUT2D eigenvalue weighted by Crippen LogP contribution is -2.53. The van der Waals surface area contributed by atoms with Crippen LogP contribution in [0.25, 0.3) is 6.08 Å². The Kier molecular flexibility index (Phi) is 8.91. The van der Waals surface area contributed by atoms with Crippen LogP contribution in [0.3, 0.4) is 0 Å². The summed E-state index contributed by atoms with van der Waals surface area (Å²) in [5.74, 6) is -0.491. The maximum atomic E-state index is 13.5. The predicted molar refractivity (Wildman–Crippen MR) is 148 cm³/mol. The zero-order chi connectivity index (χ0) is 25.5. The Morgan fingerprint density at radius 1 is 1.00 bits per heavy atom. The summed E-state index contributed by atoms with van der Waals surface area (Å²) in [4.78, 5) is 13.8. The van der Waals surface area contributed by atoms with E-state index in [1.54, 1.807) is 22.5 Å². The third-order valence-electron chi connectivity index (χ3n) is 6.20. The highest BCUT2D eigenvalue weighted by atomic mass is 127. The molecule has 3 aromatic rings.